The largest absolute Gasteiger partial charge is 0.491 e. The Bertz CT molecular complexity index is 765. The Balaban J connectivity index is 2.35. The van der Waals surface area contributed by atoms with Crippen molar-refractivity contribution in [2.24, 2.45) is 0 Å². The molecule has 0 bridgehead atoms. The maximum Gasteiger partial charge on any atom is 0.171 e. The zero-order valence-corrected chi connectivity index (χ0v) is 15.5. The normalized spacial score (nSPS) is 10.6. The van der Waals surface area contributed by atoms with Crippen LogP contribution in [0.15, 0.2) is 18.2 Å². The van der Waals surface area contributed by atoms with E-state index < -0.39 is 0 Å². The smallest absolute Gasteiger partial charge is 0.171 e. The summed E-state index contributed by atoms with van der Waals surface area (Å²) in [4.78, 5) is 0. The minimum Gasteiger partial charge on any atom is -0.491 e. The second kappa shape index (κ2) is 9.80. The number of aliphatic hydroxyl groups is 1. The standard InChI is InChI=1S/C19H25N3O4/c1-4-17-19(18(5-2)22(21-17)6-7-23)26-16-11-14(13-20)10-15(12-16)25-9-8-24-3/h10-12,23H,4-9H2,1-3H3. The number of nitriles is 1. The van der Waals surface area contributed by atoms with Crippen LogP contribution >= 0.6 is 0 Å². The summed E-state index contributed by atoms with van der Waals surface area (Å²) in [6.45, 7) is 5.30. The van der Waals surface area contributed by atoms with Gasteiger partial charge in [-0.3, -0.25) is 4.68 Å². The van der Waals surface area contributed by atoms with E-state index in [0.29, 0.717) is 49.0 Å². The van der Waals surface area contributed by atoms with Crippen LogP contribution in [0, 0.1) is 11.3 Å². The van der Waals surface area contributed by atoms with Crippen LogP contribution in [0.2, 0.25) is 0 Å². The van der Waals surface area contributed by atoms with Crippen molar-refractivity contribution in [2.75, 3.05) is 26.9 Å². The number of hydrogen-bond donors (Lipinski definition) is 1. The Morgan fingerprint density at radius 1 is 1.15 bits per heavy atom. The van der Waals surface area contributed by atoms with Crippen LogP contribution in [0.5, 0.6) is 17.2 Å². The molecule has 0 amide bonds. The van der Waals surface area contributed by atoms with E-state index in [-0.39, 0.29) is 6.61 Å². The highest BCUT2D eigenvalue weighted by Crippen LogP contribution is 2.33. The van der Waals surface area contributed by atoms with E-state index in [4.69, 9.17) is 14.2 Å². The molecule has 0 saturated carbocycles. The fourth-order valence-electron chi connectivity index (χ4n) is 2.65. The Morgan fingerprint density at radius 2 is 1.92 bits per heavy atom. The predicted molar refractivity (Wildman–Crippen MR) is 96.7 cm³/mol. The lowest BCUT2D eigenvalue weighted by molar-refractivity contribution is 0.146. The summed E-state index contributed by atoms with van der Waals surface area (Å²) in [6, 6.07) is 7.21. The average Bonchev–Trinajstić information content (AvgIpc) is 2.98. The summed E-state index contributed by atoms with van der Waals surface area (Å²) in [5.74, 6) is 1.75. The van der Waals surface area contributed by atoms with Gasteiger partial charge in [-0.05, 0) is 25.0 Å². The molecule has 0 radical (unpaired) electrons. The molecule has 0 saturated heterocycles. The fourth-order valence-corrected chi connectivity index (χ4v) is 2.65. The van der Waals surface area contributed by atoms with Crippen molar-refractivity contribution < 1.29 is 19.3 Å². The second-order valence-corrected chi connectivity index (χ2v) is 5.62. The topological polar surface area (TPSA) is 89.5 Å². The highest BCUT2D eigenvalue weighted by atomic mass is 16.5. The summed E-state index contributed by atoms with van der Waals surface area (Å²) in [5.41, 5.74) is 2.19. The first-order valence-corrected chi connectivity index (χ1v) is 8.70. The molecule has 0 spiro atoms. The molecule has 0 aliphatic carbocycles. The van der Waals surface area contributed by atoms with E-state index in [1.165, 1.54) is 0 Å². The fraction of sp³-hybridized carbons (Fsp3) is 0.474. The van der Waals surface area contributed by atoms with Crippen LogP contribution in [0.1, 0.15) is 30.8 Å². The molecule has 0 unspecified atom stereocenters. The van der Waals surface area contributed by atoms with Gasteiger partial charge in [0.2, 0.25) is 0 Å². The van der Waals surface area contributed by atoms with E-state index in [1.54, 1.807) is 30.0 Å². The van der Waals surface area contributed by atoms with Gasteiger partial charge in [0.25, 0.3) is 0 Å². The summed E-state index contributed by atoms with van der Waals surface area (Å²) in [7, 11) is 1.60. The highest BCUT2D eigenvalue weighted by molar-refractivity contribution is 5.47. The van der Waals surface area contributed by atoms with Gasteiger partial charge in [0, 0.05) is 13.2 Å². The van der Waals surface area contributed by atoms with Crippen molar-refractivity contribution in [1.82, 2.24) is 9.78 Å². The van der Waals surface area contributed by atoms with Crippen LogP contribution in [0.3, 0.4) is 0 Å². The van der Waals surface area contributed by atoms with Gasteiger partial charge in [-0.15, -0.1) is 0 Å². The van der Waals surface area contributed by atoms with Crippen molar-refractivity contribution in [1.29, 1.82) is 5.26 Å². The number of nitrogens with zero attached hydrogens (tertiary/aromatic N) is 3. The number of aromatic nitrogens is 2. The molecular formula is C19H25N3O4. The minimum absolute atomic E-state index is 0.0126. The Kier molecular flexibility index (Phi) is 7.45. The number of aliphatic hydroxyl groups excluding tert-OH is 1. The maximum atomic E-state index is 9.27. The zero-order valence-electron chi connectivity index (χ0n) is 15.5. The molecule has 140 valence electrons. The molecule has 2 rings (SSSR count). The van der Waals surface area contributed by atoms with Gasteiger partial charge < -0.3 is 19.3 Å². The van der Waals surface area contributed by atoms with Gasteiger partial charge in [-0.25, -0.2) is 0 Å². The predicted octanol–water partition coefficient (Wildman–Crippen LogP) is 2.69. The molecule has 0 aliphatic heterocycles. The lowest BCUT2D eigenvalue weighted by Crippen LogP contribution is -2.08. The van der Waals surface area contributed by atoms with Gasteiger partial charge in [0.1, 0.15) is 23.8 Å². The molecule has 26 heavy (non-hydrogen) atoms. The van der Waals surface area contributed by atoms with E-state index in [0.717, 1.165) is 17.8 Å². The number of methoxy groups -OCH3 is 1. The average molecular weight is 359 g/mol. The first kappa shape index (κ1) is 19.8. The van der Waals surface area contributed by atoms with Crippen molar-refractivity contribution in [3.05, 3.63) is 35.2 Å². The van der Waals surface area contributed by atoms with Gasteiger partial charge in [-0.1, -0.05) is 13.8 Å². The van der Waals surface area contributed by atoms with Crippen molar-refractivity contribution in [3.63, 3.8) is 0 Å². The Morgan fingerprint density at radius 3 is 2.54 bits per heavy atom. The number of rotatable bonds is 10. The van der Waals surface area contributed by atoms with Crippen molar-refractivity contribution >= 4 is 0 Å². The van der Waals surface area contributed by atoms with E-state index >= 15 is 0 Å². The molecule has 0 aliphatic rings. The van der Waals surface area contributed by atoms with Crippen LogP contribution in [0.25, 0.3) is 0 Å². The molecule has 7 nitrogen and oxygen atoms in total. The van der Waals surface area contributed by atoms with Gasteiger partial charge in [-0.2, -0.15) is 10.4 Å². The third-order valence-electron chi connectivity index (χ3n) is 3.84. The summed E-state index contributed by atoms with van der Waals surface area (Å²) >= 11 is 0. The summed E-state index contributed by atoms with van der Waals surface area (Å²) in [5, 5.41) is 23.0. The number of hydrogen-bond acceptors (Lipinski definition) is 6. The number of ether oxygens (including phenoxy) is 3. The molecule has 0 fully saturated rings. The molecule has 1 aromatic heterocycles. The molecular weight excluding hydrogens is 334 g/mol. The van der Waals surface area contributed by atoms with Crippen LogP contribution in [0.4, 0.5) is 0 Å². The first-order chi connectivity index (χ1) is 12.7. The molecule has 1 heterocycles. The van der Waals surface area contributed by atoms with Crippen LogP contribution < -0.4 is 9.47 Å². The monoisotopic (exact) mass is 359 g/mol. The van der Waals surface area contributed by atoms with E-state index in [9.17, 15) is 10.4 Å². The van der Waals surface area contributed by atoms with Crippen molar-refractivity contribution in [3.8, 4) is 23.3 Å². The molecule has 7 heteroatoms. The molecule has 2 aromatic rings. The first-order valence-electron chi connectivity index (χ1n) is 8.70. The lowest BCUT2D eigenvalue weighted by atomic mass is 10.2. The summed E-state index contributed by atoms with van der Waals surface area (Å²) < 4.78 is 18.5. The zero-order chi connectivity index (χ0) is 18.9. The second-order valence-electron chi connectivity index (χ2n) is 5.62. The van der Waals surface area contributed by atoms with Gasteiger partial charge in [0.05, 0.1) is 37.1 Å². The van der Waals surface area contributed by atoms with Crippen molar-refractivity contribution in [2.45, 2.75) is 33.2 Å². The third-order valence-corrected chi connectivity index (χ3v) is 3.84. The summed E-state index contributed by atoms with van der Waals surface area (Å²) in [6.07, 6.45) is 1.42. The molecule has 0 atom stereocenters. The van der Waals surface area contributed by atoms with Gasteiger partial charge in [0.15, 0.2) is 5.75 Å². The highest BCUT2D eigenvalue weighted by Gasteiger charge is 2.18. The van der Waals surface area contributed by atoms with Crippen LogP contribution in [-0.2, 0) is 24.1 Å². The quantitative estimate of drug-likeness (QED) is 0.656. The van der Waals surface area contributed by atoms with Crippen LogP contribution in [-0.4, -0.2) is 41.8 Å². The Labute approximate surface area is 153 Å². The van der Waals surface area contributed by atoms with E-state index in [1.807, 2.05) is 13.8 Å². The number of benzene rings is 1. The Hall–Kier alpha value is -2.56. The van der Waals surface area contributed by atoms with Gasteiger partial charge >= 0.3 is 0 Å². The molecule has 1 N–H and O–H groups in total. The SMILES string of the molecule is CCc1nn(CCO)c(CC)c1Oc1cc(C#N)cc(OCCOC)c1. The third kappa shape index (κ3) is 4.75. The van der Waals surface area contributed by atoms with E-state index in [2.05, 4.69) is 11.2 Å². The number of aryl methyl sites for hydroxylation is 1. The molecule has 1 aromatic carbocycles. The minimum atomic E-state index is 0.0126. The lowest BCUT2D eigenvalue weighted by Gasteiger charge is -2.11. The maximum absolute atomic E-state index is 9.27.